The first-order valence-electron chi connectivity index (χ1n) is 6.32. The molecule has 0 aliphatic rings. The van der Waals surface area contributed by atoms with Crippen LogP contribution in [-0.4, -0.2) is 49.1 Å². The Hall–Kier alpha value is -2.44. The highest BCUT2D eigenvalue weighted by atomic mass is 16.4. The third kappa shape index (κ3) is 2.76. The van der Waals surface area contributed by atoms with Crippen LogP contribution in [0.5, 0.6) is 0 Å². The molecule has 2 aromatic rings. The van der Waals surface area contributed by atoms with Crippen molar-refractivity contribution >= 4 is 17.5 Å². The van der Waals surface area contributed by atoms with E-state index in [1.807, 2.05) is 13.8 Å². The Morgan fingerprint density at radius 3 is 2.85 bits per heavy atom. The molecule has 0 saturated heterocycles. The number of nitrogens with zero attached hydrogens (tertiary/aromatic N) is 4. The lowest BCUT2D eigenvalue weighted by Crippen LogP contribution is -2.38. The van der Waals surface area contributed by atoms with Crippen LogP contribution in [-0.2, 0) is 4.79 Å². The van der Waals surface area contributed by atoms with Gasteiger partial charge in [0.2, 0.25) is 0 Å². The van der Waals surface area contributed by atoms with Crippen LogP contribution in [0, 0.1) is 0 Å². The maximum absolute atomic E-state index is 12.5. The minimum absolute atomic E-state index is 0.0867. The molecule has 7 heteroatoms. The monoisotopic (exact) mass is 276 g/mol. The number of fused-ring (bicyclic) bond motifs is 1. The number of carboxylic acid groups (broad SMARTS) is 1. The number of aromatic nitrogens is 3. The smallest absolute Gasteiger partial charge is 0.305 e. The average molecular weight is 276 g/mol. The molecule has 0 bridgehead atoms. The Bertz CT molecular complexity index is 635. The van der Waals surface area contributed by atoms with E-state index >= 15 is 0 Å². The fraction of sp³-hybridized carbons (Fsp3) is 0.385. The third-order valence-electron chi connectivity index (χ3n) is 2.96. The lowest BCUT2D eigenvalue weighted by Gasteiger charge is -2.25. The second-order valence-electron chi connectivity index (χ2n) is 4.68. The lowest BCUT2D eigenvalue weighted by atomic mass is 10.2. The first-order valence-corrected chi connectivity index (χ1v) is 6.32. The van der Waals surface area contributed by atoms with Crippen LogP contribution in [0.3, 0.4) is 0 Å². The topological polar surface area (TPSA) is 87.8 Å². The zero-order valence-corrected chi connectivity index (χ0v) is 11.4. The Morgan fingerprint density at radius 2 is 2.20 bits per heavy atom. The number of hydrogen-bond acceptors (Lipinski definition) is 4. The van der Waals surface area contributed by atoms with Crippen LogP contribution in [0.15, 0.2) is 24.7 Å². The molecule has 0 aliphatic heterocycles. The van der Waals surface area contributed by atoms with E-state index in [1.54, 1.807) is 18.5 Å². The summed E-state index contributed by atoms with van der Waals surface area (Å²) in [5.41, 5.74) is 0.850. The van der Waals surface area contributed by atoms with Crippen LogP contribution in [0.4, 0.5) is 0 Å². The van der Waals surface area contributed by atoms with Gasteiger partial charge < -0.3 is 10.0 Å². The molecule has 0 spiro atoms. The van der Waals surface area contributed by atoms with Gasteiger partial charge in [-0.2, -0.15) is 5.10 Å². The van der Waals surface area contributed by atoms with Crippen LogP contribution in [0.1, 0.15) is 30.6 Å². The Labute approximate surface area is 115 Å². The van der Waals surface area contributed by atoms with E-state index in [-0.39, 0.29) is 24.9 Å². The number of rotatable bonds is 5. The normalized spacial score (nSPS) is 10.9. The minimum atomic E-state index is -0.929. The Balaban J connectivity index is 2.29. The van der Waals surface area contributed by atoms with Crippen LogP contribution < -0.4 is 0 Å². The molecule has 20 heavy (non-hydrogen) atoms. The Kier molecular flexibility index (Phi) is 3.97. The molecule has 0 unspecified atom stereocenters. The summed E-state index contributed by atoms with van der Waals surface area (Å²) in [6.07, 6.45) is 4.66. The Morgan fingerprint density at radius 1 is 1.45 bits per heavy atom. The minimum Gasteiger partial charge on any atom is -0.481 e. The van der Waals surface area contributed by atoms with Gasteiger partial charge in [0.1, 0.15) is 5.56 Å². The van der Waals surface area contributed by atoms with Gasteiger partial charge in [-0.3, -0.25) is 9.59 Å². The highest BCUT2D eigenvalue weighted by Gasteiger charge is 2.23. The molecule has 2 heterocycles. The summed E-state index contributed by atoms with van der Waals surface area (Å²) in [7, 11) is 0. The van der Waals surface area contributed by atoms with Gasteiger partial charge in [0.05, 0.1) is 12.6 Å². The number of hydrogen-bond donors (Lipinski definition) is 1. The molecular formula is C13H16N4O3. The first-order chi connectivity index (χ1) is 9.50. The molecule has 0 fully saturated rings. The maximum atomic E-state index is 12.5. The summed E-state index contributed by atoms with van der Waals surface area (Å²) in [6, 6.07) is 1.62. The average Bonchev–Trinajstić information content (AvgIpc) is 2.81. The summed E-state index contributed by atoms with van der Waals surface area (Å²) in [6.45, 7) is 3.85. The molecule has 0 saturated carbocycles. The van der Waals surface area contributed by atoms with Crippen molar-refractivity contribution in [3.8, 4) is 0 Å². The third-order valence-corrected chi connectivity index (χ3v) is 2.96. The second kappa shape index (κ2) is 5.68. The molecule has 0 aromatic carbocycles. The van der Waals surface area contributed by atoms with E-state index in [4.69, 9.17) is 5.11 Å². The van der Waals surface area contributed by atoms with Gasteiger partial charge in [-0.05, 0) is 19.9 Å². The highest BCUT2D eigenvalue weighted by molar-refractivity contribution is 5.99. The summed E-state index contributed by atoms with van der Waals surface area (Å²) in [5, 5.41) is 12.8. The van der Waals surface area contributed by atoms with E-state index in [9.17, 15) is 9.59 Å². The van der Waals surface area contributed by atoms with Gasteiger partial charge in [-0.1, -0.05) is 0 Å². The molecule has 1 N–H and O–H groups in total. The van der Waals surface area contributed by atoms with Crippen LogP contribution in [0.25, 0.3) is 5.65 Å². The fourth-order valence-corrected chi connectivity index (χ4v) is 1.94. The van der Waals surface area contributed by atoms with Gasteiger partial charge in [-0.25, -0.2) is 9.50 Å². The van der Waals surface area contributed by atoms with Gasteiger partial charge in [-0.15, -0.1) is 0 Å². The van der Waals surface area contributed by atoms with Crippen molar-refractivity contribution in [1.82, 2.24) is 19.5 Å². The SMILES string of the molecule is CC(C)N(CCC(=O)O)C(=O)c1cnn2cccnc12. The van der Waals surface area contributed by atoms with Gasteiger partial charge in [0.15, 0.2) is 5.65 Å². The number of carbonyl (C=O) groups is 2. The fourth-order valence-electron chi connectivity index (χ4n) is 1.94. The standard InChI is InChI=1S/C13H16N4O3/c1-9(2)16(7-4-11(18)19)13(20)10-8-15-17-6-3-5-14-12(10)17/h3,5-6,8-9H,4,7H2,1-2H3,(H,18,19). The largest absolute Gasteiger partial charge is 0.481 e. The molecule has 2 rings (SSSR count). The number of amides is 1. The molecule has 106 valence electrons. The van der Waals surface area contributed by atoms with Crippen molar-refractivity contribution in [3.63, 3.8) is 0 Å². The first kappa shape index (κ1) is 14.0. The molecular weight excluding hydrogens is 260 g/mol. The number of carbonyl (C=O) groups excluding carboxylic acids is 1. The van der Waals surface area contributed by atoms with Gasteiger partial charge >= 0.3 is 5.97 Å². The molecule has 0 aliphatic carbocycles. The summed E-state index contributed by atoms with van der Waals surface area (Å²) < 4.78 is 1.52. The predicted molar refractivity (Wildman–Crippen MR) is 71.4 cm³/mol. The zero-order chi connectivity index (χ0) is 14.7. The van der Waals surface area contributed by atoms with Gasteiger partial charge in [0.25, 0.3) is 5.91 Å². The summed E-state index contributed by atoms with van der Waals surface area (Å²) in [4.78, 5) is 28.8. The van der Waals surface area contributed by atoms with Crippen molar-refractivity contribution in [1.29, 1.82) is 0 Å². The highest BCUT2D eigenvalue weighted by Crippen LogP contribution is 2.13. The molecule has 1 amide bonds. The maximum Gasteiger partial charge on any atom is 0.305 e. The zero-order valence-electron chi connectivity index (χ0n) is 11.4. The summed E-state index contributed by atoms with van der Waals surface area (Å²) in [5.74, 6) is -1.18. The van der Waals surface area contributed by atoms with E-state index in [1.165, 1.54) is 15.6 Å². The quantitative estimate of drug-likeness (QED) is 0.882. The molecule has 0 radical (unpaired) electrons. The van der Waals surface area contributed by atoms with Crippen molar-refractivity contribution < 1.29 is 14.7 Å². The van der Waals surface area contributed by atoms with Crippen molar-refractivity contribution in [2.45, 2.75) is 26.3 Å². The predicted octanol–water partition coefficient (Wildman–Crippen LogP) is 1.05. The number of aliphatic carboxylic acids is 1. The van der Waals surface area contributed by atoms with E-state index in [0.29, 0.717) is 11.2 Å². The van der Waals surface area contributed by atoms with Crippen molar-refractivity contribution in [2.24, 2.45) is 0 Å². The van der Waals surface area contributed by atoms with E-state index in [2.05, 4.69) is 10.1 Å². The lowest BCUT2D eigenvalue weighted by molar-refractivity contribution is -0.137. The molecule has 7 nitrogen and oxygen atoms in total. The number of carboxylic acids is 1. The van der Waals surface area contributed by atoms with E-state index < -0.39 is 5.97 Å². The van der Waals surface area contributed by atoms with Crippen molar-refractivity contribution in [3.05, 3.63) is 30.2 Å². The van der Waals surface area contributed by atoms with Crippen LogP contribution in [0.2, 0.25) is 0 Å². The van der Waals surface area contributed by atoms with E-state index in [0.717, 1.165) is 0 Å². The van der Waals surface area contributed by atoms with Crippen molar-refractivity contribution in [2.75, 3.05) is 6.54 Å². The molecule has 0 atom stereocenters. The van der Waals surface area contributed by atoms with Crippen LogP contribution >= 0.6 is 0 Å². The molecule has 2 aromatic heterocycles. The summed E-state index contributed by atoms with van der Waals surface area (Å²) >= 11 is 0. The van der Waals surface area contributed by atoms with Gasteiger partial charge in [0, 0.05) is 25.0 Å². The second-order valence-corrected chi connectivity index (χ2v) is 4.68.